The summed E-state index contributed by atoms with van der Waals surface area (Å²) in [6, 6.07) is 84.0. The Morgan fingerprint density at radius 1 is 0.365 bits per heavy atom. The van der Waals surface area contributed by atoms with Gasteiger partial charge < -0.3 is 0 Å². The molecule has 1 aliphatic rings. The maximum atomic E-state index is 5.71. The van der Waals surface area contributed by atoms with E-state index in [2.05, 4.69) is 240 Å². The van der Waals surface area contributed by atoms with E-state index in [1.54, 1.807) is 0 Å². The Morgan fingerprint density at radius 3 is 1.65 bits per heavy atom. The van der Waals surface area contributed by atoms with Crippen LogP contribution in [0.5, 0.6) is 0 Å². The molecule has 1 aliphatic heterocycles. The van der Waals surface area contributed by atoms with Crippen LogP contribution in [0, 0.1) is 0 Å². The Morgan fingerprint density at radius 2 is 0.921 bits per heavy atom. The van der Waals surface area contributed by atoms with Crippen LogP contribution in [0.15, 0.2) is 231 Å². The van der Waals surface area contributed by atoms with Crippen molar-refractivity contribution in [2.45, 2.75) is 0 Å². The molecule has 0 amide bonds. The van der Waals surface area contributed by atoms with E-state index in [0.717, 1.165) is 45.2 Å². The van der Waals surface area contributed by atoms with Gasteiger partial charge in [-0.3, -0.25) is 0 Å². The van der Waals surface area contributed by atoms with Gasteiger partial charge in [0.15, 0.2) is 0 Å². The van der Waals surface area contributed by atoms with Crippen molar-refractivity contribution in [1.29, 1.82) is 0 Å². The Labute approximate surface area is 367 Å². The van der Waals surface area contributed by atoms with Crippen LogP contribution in [0.3, 0.4) is 0 Å². The maximum absolute atomic E-state index is 5.71. The number of rotatable bonds is 6. The van der Waals surface area contributed by atoms with E-state index in [4.69, 9.17) is 9.97 Å². The molecular formula is C58H38GeN4. The molecule has 0 saturated carbocycles. The monoisotopic (exact) mass is 864 g/mol. The Kier molecular flexibility index (Phi) is 8.05. The average Bonchev–Trinajstić information content (AvgIpc) is 3.99. The van der Waals surface area contributed by atoms with Gasteiger partial charge in [-0.25, -0.2) is 0 Å². The predicted octanol–water partition coefficient (Wildman–Crippen LogP) is 11.4. The third kappa shape index (κ3) is 5.22. The summed E-state index contributed by atoms with van der Waals surface area (Å²) in [5.41, 5.74) is 12.2. The quantitative estimate of drug-likeness (QED) is 0.156. The van der Waals surface area contributed by atoms with Gasteiger partial charge in [0.25, 0.3) is 0 Å². The van der Waals surface area contributed by atoms with Crippen LogP contribution in [0.2, 0.25) is 0 Å². The molecule has 5 heteroatoms. The van der Waals surface area contributed by atoms with Crippen molar-refractivity contribution in [1.82, 2.24) is 19.1 Å². The first-order valence-corrected chi connectivity index (χ1v) is 25.8. The van der Waals surface area contributed by atoms with Crippen molar-refractivity contribution >= 4 is 74.5 Å². The van der Waals surface area contributed by atoms with E-state index < -0.39 is 13.3 Å². The number of aromatic nitrogens is 4. The molecule has 9 aromatic carbocycles. The molecule has 0 radical (unpaired) electrons. The normalized spacial score (nSPS) is 12.9. The molecule has 0 unspecified atom stereocenters. The predicted molar refractivity (Wildman–Crippen MR) is 264 cm³/mol. The van der Waals surface area contributed by atoms with Crippen LogP contribution >= 0.6 is 0 Å². The molecule has 0 fully saturated rings. The fourth-order valence-corrected chi connectivity index (χ4v) is 21.6. The molecule has 0 bridgehead atoms. The number of hydrogen-bond acceptors (Lipinski definition) is 2. The summed E-state index contributed by atoms with van der Waals surface area (Å²) in [6.45, 7) is 0. The Balaban J connectivity index is 1.10. The molecule has 3 aromatic heterocycles. The second kappa shape index (κ2) is 14.1. The Hall–Kier alpha value is -7.80. The molecular weight excluding hydrogens is 825 g/mol. The average molecular weight is 864 g/mol. The minimum absolute atomic E-state index is 0.718. The second-order valence-electron chi connectivity index (χ2n) is 16.5. The summed E-state index contributed by atoms with van der Waals surface area (Å²) >= 11 is -3.68. The summed E-state index contributed by atoms with van der Waals surface area (Å²) in [5, 5.41) is 4.90. The molecule has 0 saturated heterocycles. The molecule has 0 aliphatic carbocycles. The van der Waals surface area contributed by atoms with E-state index >= 15 is 0 Å². The van der Waals surface area contributed by atoms with Crippen molar-refractivity contribution in [3.63, 3.8) is 0 Å². The zero-order chi connectivity index (χ0) is 41.5. The number of para-hydroxylation sites is 3. The van der Waals surface area contributed by atoms with Gasteiger partial charge in [0, 0.05) is 5.69 Å². The minimum atomic E-state index is -3.68. The van der Waals surface area contributed by atoms with Gasteiger partial charge in [-0.05, 0) is 18.2 Å². The third-order valence-corrected chi connectivity index (χ3v) is 23.4. The van der Waals surface area contributed by atoms with E-state index in [1.165, 1.54) is 61.2 Å². The number of nitrogens with zero attached hydrogens (tertiary/aromatic N) is 4. The number of fused-ring (bicyclic) bond motifs is 10. The molecule has 63 heavy (non-hydrogen) atoms. The molecule has 0 spiro atoms. The van der Waals surface area contributed by atoms with E-state index in [0.29, 0.717) is 0 Å². The summed E-state index contributed by atoms with van der Waals surface area (Å²) in [7, 11) is 0. The van der Waals surface area contributed by atoms with Crippen LogP contribution in [-0.2, 0) is 0 Å². The van der Waals surface area contributed by atoms with Gasteiger partial charge in [0.1, 0.15) is 0 Å². The van der Waals surface area contributed by atoms with Crippen LogP contribution in [0.25, 0.3) is 88.9 Å². The van der Waals surface area contributed by atoms with Gasteiger partial charge in [0.2, 0.25) is 0 Å². The number of benzene rings is 9. The van der Waals surface area contributed by atoms with E-state index in [-0.39, 0.29) is 0 Å². The van der Waals surface area contributed by atoms with E-state index in [1.807, 2.05) is 0 Å². The summed E-state index contributed by atoms with van der Waals surface area (Å²) in [6.07, 6.45) is 0. The first-order chi connectivity index (χ1) is 31.3. The van der Waals surface area contributed by atoms with Crippen molar-refractivity contribution in [2.75, 3.05) is 0 Å². The molecule has 0 atom stereocenters. The van der Waals surface area contributed by atoms with Crippen LogP contribution < -0.4 is 17.6 Å². The molecule has 294 valence electrons. The first-order valence-electron chi connectivity index (χ1n) is 21.6. The topological polar surface area (TPSA) is 35.6 Å². The fourth-order valence-electron chi connectivity index (χ4n) is 10.7. The summed E-state index contributed by atoms with van der Waals surface area (Å²) in [5.74, 6) is 0.718. The second-order valence-corrected chi connectivity index (χ2v) is 24.2. The zero-order valence-electron chi connectivity index (χ0n) is 34.2. The molecule has 12 aromatic rings. The molecule has 4 heterocycles. The van der Waals surface area contributed by atoms with Crippen molar-refractivity contribution < 1.29 is 0 Å². The molecule has 4 nitrogen and oxygen atoms in total. The summed E-state index contributed by atoms with van der Waals surface area (Å²) in [4.78, 5) is 11.4. The van der Waals surface area contributed by atoms with Crippen LogP contribution in [0.4, 0.5) is 0 Å². The number of hydrogen-bond donors (Lipinski definition) is 0. The van der Waals surface area contributed by atoms with Crippen molar-refractivity contribution in [3.8, 4) is 45.3 Å². The zero-order valence-corrected chi connectivity index (χ0v) is 36.3. The molecule has 0 N–H and O–H groups in total. The summed E-state index contributed by atoms with van der Waals surface area (Å²) < 4.78 is 10.3. The van der Waals surface area contributed by atoms with Gasteiger partial charge in [-0.2, -0.15) is 0 Å². The van der Waals surface area contributed by atoms with Gasteiger partial charge in [-0.1, -0.05) is 30.3 Å². The van der Waals surface area contributed by atoms with Crippen molar-refractivity contribution in [2.24, 2.45) is 0 Å². The van der Waals surface area contributed by atoms with E-state index in [9.17, 15) is 0 Å². The first kappa shape index (κ1) is 35.9. The van der Waals surface area contributed by atoms with Gasteiger partial charge in [0.05, 0.1) is 0 Å². The standard InChI is InChI=1S/C58H38GeN4/c1-5-20-39(21-6-1)55-54-56(47-31-13-16-33-49(47)59(54,41-23-7-2-8-24-41)42-25-9-3-10-26-42)61-58(60-55)40-22-19-29-44(38-40)63-50-34-17-14-30-45(50)46-36-37-52-53(57(46)63)48-32-15-18-35-51(48)62(52)43-27-11-4-12-28-43/h1-38H. The Bertz CT molecular complexity index is 3690. The molecule has 13 rings (SSSR count). The van der Waals surface area contributed by atoms with Gasteiger partial charge >= 0.3 is 315 Å². The van der Waals surface area contributed by atoms with Crippen LogP contribution in [0.1, 0.15) is 0 Å². The fraction of sp³-hybridized carbons (Fsp3) is 0. The third-order valence-electron chi connectivity index (χ3n) is 13.2. The van der Waals surface area contributed by atoms with Crippen molar-refractivity contribution in [3.05, 3.63) is 231 Å². The SMILES string of the molecule is c1ccc(-c2nc(-c3cccc(-n4c5ccccc5c5ccc6c(c7ccccc7n6-c6ccccc6)c54)c3)nc3[c]2[Ge]([c]2ccccc2)([c]2ccccc2)[c]2ccccc2-3)cc1. The van der Waals surface area contributed by atoms with Crippen LogP contribution in [-0.4, -0.2) is 32.4 Å². The van der Waals surface area contributed by atoms with Gasteiger partial charge in [-0.15, -0.1) is 0 Å².